The highest BCUT2D eigenvalue weighted by molar-refractivity contribution is 8.08. The summed E-state index contributed by atoms with van der Waals surface area (Å²) >= 11 is 0. The van der Waals surface area contributed by atoms with Crippen LogP contribution in [0, 0.1) is 28.1 Å². The van der Waals surface area contributed by atoms with Crippen LogP contribution in [-0.2, 0) is 9.84 Å². The predicted octanol–water partition coefficient (Wildman–Crippen LogP) is 1.25. The third-order valence-corrected chi connectivity index (χ3v) is 4.09. The molecule has 0 saturated carbocycles. The first-order valence-corrected chi connectivity index (χ1v) is 6.00. The van der Waals surface area contributed by atoms with E-state index in [2.05, 4.69) is 0 Å². The first-order chi connectivity index (χ1) is 8.04. The summed E-state index contributed by atoms with van der Waals surface area (Å²) in [4.78, 5) is -0.0250. The van der Waals surface area contributed by atoms with Gasteiger partial charge in [-0.3, -0.25) is 5.41 Å². The molecule has 0 amide bonds. The van der Waals surface area contributed by atoms with Gasteiger partial charge in [-0.05, 0) is 6.07 Å². The summed E-state index contributed by atoms with van der Waals surface area (Å²) in [6, 6.07) is 9.21. The van der Waals surface area contributed by atoms with Crippen molar-refractivity contribution in [2.45, 2.75) is 4.90 Å². The standard InChI is InChI=1S/C11H5N3O2S/c12-5-7(6-13)10-8-3-1-2-4-9(8)17(15,16)11(10)14/h1-4,14H. The molecule has 1 aromatic carbocycles. The predicted molar refractivity (Wildman–Crippen MR) is 59.5 cm³/mol. The van der Waals surface area contributed by atoms with Crippen LogP contribution in [0.5, 0.6) is 0 Å². The number of allylic oxidation sites excluding steroid dienone is 1. The maximum absolute atomic E-state index is 11.9. The van der Waals surface area contributed by atoms with E-state index in [9.17, 15) is 8.42 Å². The molecule has 82 valence electrons. The average molecular weight is 243 g/mol. The Morgan fingerprint density at radius 3 is 2.35 bits per heavy atom. The number of fused-ring (bicyclic) bond motifs is 1. The highest BCUT2D eigenvalue weighted by atomic mass is 32.2. The van der Waals surface area contributed by atoms with Crippen molar-refractivity contribution in [3.63, 3.8) is 0 Å². The maximum atomic E-state index is 11.9. The van der Waals surface area contributed by atoms with E-state index >= 15 is 0 Å². The van der Waals surface area contributed by atoms with Crippen LogP contribution < -0.4 is 0 Å². The minimum atomic E-state index is -3.88. The van der Waals surface area contributed by atoms with Crippen LogP contribution in [0.4, 0.5) is 0 Å². The van der Waals surface area contributed by atoms with Gasteiger partial charge in [0.1, 0.15) is 17.7 Å². The smallest absolute Gasteiger partial charge is 0.224 e. The van der Waals surface area contributed by atoms with Crippen molar-refractivity contribution in [2.75, 3.05) is 0 Å². The summed E-state index contributed by atoms with van der Waals surface area (Å²) in [6.07, 6.45) is 0. The molecule has 1 aromatic rings. The molecule has 6 heteroatoms. The van der Waals surface area contributed by atoms with Gasteiger partial charge in [-0.15, -0.1) is 0 Å². The number of nitrogens with one attached hydrogen (secondary N) is 1. The molecule has 5 nitrogen and oxygen atoms in total. The molecular formula is C11H5N3O2S. The highest BCUT2D eigenvalue weighted by Crippen LogP contribution is 2.37. The van der Waals surface area contributed by atoms with Crippen LogP contribution in [0.1, 0.15) is 5.56 Å². The lowest BCUT2D eigenvalue weighted by Crippen LogP contribution is -2.07. The summed E-state index contributed by atoms with van der Waals surface area (Å²) in [7, 11) is -3.88. The molecule has 0 fully saturated rings. The number of nitriles is 2. The molecular weight excluding hydrogens is 238 g/mol. The minimum absolute atomic E-state index is 0.0250. The molecule has 17 heavy (non-hydrogen) atoms. The van der Waals surface area contributed by atoms with E-state index in [-0.39, 0.29) is 21.6 Å². The van der Waals surface area contributed by atoms with Crippen molar-refractivity contribution in [1.82, 2.24) is 0 Å². The van der Waals surface area contributed by atoms with E-state index in [0.717, 1.165) is 0 Å². The first-order valence-electron chi connectivity index (χ1n) is 4.52. The van der Waals surface area contributed by atoms with E-state index in [1.165, 1.54) is 18.2 Å². The van der Waals surface area contributed by atoms with Crippen LogP contribution >= 0.6 is 0 Å². The Hall–Kier alpha value is -2.44. The number of nitrogens with zero attached hydrogens (tertiary/aromatic N) is 2. The molecule has 0 unspecified atom stereocenters. The van der Waals surface area contributed by atoms with Crippen molar-refractivity contribution >= 4 is 20.5 Å². The van der Waals surface area contributed by atoms with E-state index in [0.29, 0.717) is 0 Å². The zero-order chi connectivity index (χ0) is 12.6. The fraction of sp³-hybridized carbons (Fsp3) is 0. The summed E-state index contributed by atoms with van der Waals surface area (Å²) in [6.45, 7) is 0. The molecule has 0 saturated heterocycles. The molecule has 2 rings (SSSR count). The Kier molecular flexibility index (Phi) is 2.31. The monoisotopic (exact) mass is 243 g/mol. The largest absolute Gasteiger partial charge is 0.289 e. The molecule has 1 heterocycles. The Bertz CT molecular complexity index is 730. The average Bonchev–Trinajstić information content (AvgIpc) is 2.53. The molecule has 0 bridgehead atoms. The number of sulfone groups is 1. The number of rotatable bonds is 0. The fourth-order valence-corrected chi connectivity index (χ4v) is 3.08. The van der Waals surface area contributed by atoms with E-state index in [1.807, 2.05) is 0 Å². The Morgan fingerprint density at radius 2 is 1.76 bits per heavy atom. The van der Waals surface area contributed by atoms with Crippen molar-refractivity contribution in [3.8, 4) is 12.1 Å². The van der Waals surface area contributed by atoms with Crippen LogP contribution in [0.2, 0.25) is 0 Å². The second-order valence-electron chi connectivity index (χ2n) is 3.30. The quantitative estimate of drug-likeness (QED) is 0.692. The summed E-state index contributed by atoms with van der Waals surface area (Å²) in [5.41, 5.74) is -0.218. The molecule has 0 aliphatic carbocycles. The zero-order valence-electron chi connectivity index (χ0n) is 8.43. The molecule has 1 N–H and O–H groups in total. The van der Waals surface area contributed by atoms with Crippen LogP contribution in [0.3, 0.4) is 0 Å². The topological polar surface area (TPSA) is 106 Å². The minimum Gasteiger partial charge on any atom is -0.289 e. The van der Waals surface area contributed by atoms with Gasteiger partial charge in [-0.2, -0.15) is 10.5 Å². The van der Waals surface area contributed by atoms with Crippen molar-refractivity contribution < 1.29 is 8.42 Å². The second-order valence-corrected chi connectivity index (χ2v) is 5.16. The van der Waals surface area contributed by atoms with Crippen LogP contribution in [-0.4, -0.2) is 13.5 Å². The van der Waals surface area contributed by atoms with E-state index in [4.69, 9.17) is 15.9 Å². The van der Waals surface area contributed by atoms with Crippen LogP contribution in [0.25, 0.3) is 5.57 Å². The summed E-state index contributed by atoms with van der Waals surface area (Å²) in [5.74, 6) is 0. The van der Waals surface area contributed by atoms with Gasteiger partial charge >= 0.3 is 0 Å². The second kappa shape index (κ2) is 3.55. The van der Waals surface area contributed by atoms with Crippen molar-refractivity contribution in [2.24, 2.45) is 0 Å². The normalized spacial score (nSPS) is 15.9. The third-order valence-electron chi connectivity index (χ3n) is 2.42. The lowest BCUT2D eigenvalue weighted by Gasteiger charge is -1.96. The number of hydrogen-bond acceptors (Lipinski definition) is 5. The molecule has 0 radical (unpaired) electrons. The summed E-state index contributed by atoms with van der Waals surface area (Å²) < 4.78 is 23.7. The Labute approximate surface area is 97.7 Å². The van der Waals surface area contributed by atoms with E-state index < -0.39 is 14.9 Å². The molecule has 0 aromatic heterocycles. The van der Waals surface area contributed by atoms with Crippen LogP contribution in [0.15, 0.2) is 34.7 Å². The molecule has 0 atom stereocenters. The number of benzene rings is 1. The lowest BCUT2D eigenvalue weighted by molar-refractivity contribution is 0.608. The molecule has 0 spiro atoms. The van der Waals surface area contributed by atoms with E-state index in [1.54, 1.807) is 18.2 Å². The SMILES string of the molecule is N#CC(C#N)=C1C(=N)S(=O)(=O)c2ccccc21. The van der Waals surface area contributed by atoms with Gasteiger partial charge in [-0.1, -0.05) is 18.2 Å². The van der Waals surface area contributed by atoms with Gasteiger partial charge < -0.3 is 0 Å². The summed E-state index contributed by atoms with van der Waals surface area (Å²) in [5, 5.41) is 24.5. The van der Waals surface area contributed by atoms with Gasteiger partial charge in [0, 0.05) is 11.1 Å². The maximum Gasteiger partial charge on any atom is 0.224 e. The Morgan fingerprint density at radius 1 is 1.18 bits per heavy atom. The number of hydrogen-bond donors (Lipinski definition) is 1. The fourth-order valence-electron chi connectivity index (χ4n) is 1.66. The van der Waals surface area contributed by atoms with Gasteiger partial charge in [0.25, 0.3) is 0 Å². The molecule has 1 aliphatic rings. The van der Waals surface area contributed by atoms with Crippen molar-refractivity contribution in [3.05, 3.63) is 35.4 Å². The molecule has 1 aliphatic heterocycles. The van der Waals surface area contributed by atoms with Gasteiger partial charge in [0.05, 0.1) is 4.90 Å². The third kappa shape index (κ3) is 1.36. The first kappa shape index (κ1) is 11.1. The van der Waals surface area contributed by atoms with Crippen molar-refractivity contribution in [1.29, 1.82) is 15.9 Å². The zero-order valence-corrected chi connectivity index (χ0v) is 9.25. The lowest BCUT2D eigenvalue weighted by atomic mass is 10.0. The van der Waals surface area contributed by atoms with Gasteiger partial charge in [-0.25, -0.2) is 8.42 Å². The highest BCUT2D eigenvalue weighted by Gasteiger charge is 2.38. The van der Waals surface area contributed by atoms with Gasteiger partial charge in [0.2, 0.25) is 9.84 Å². The van der Waals surface area contributed by atoms with Gasteiger partial charge in [0.15, 0.2) is 5.04 Å². The Balaban J connectivity index is 2.96.